The predicted molar refractivity (Wildman–Crippen MR) is 95.4 cm³/mol. The Bertz CT molecular complexity index is 806. The van der Waals surface area contributed by atoms with E-state index < -0.39 is 0 Å². The van der Waals surface area contributed by atoms with Crippen molar-refractivity contribution in [2.24, 2.45) is 0 Å². The molecule has 4 nitrogen and oxygen atoms in total. The summed E-state index contributed by atoms with van der Waals surface area (Å²) in [7, 11) is 0. The van der Waals surface area contributed by atoms with E-state index in [-0.39, 0.29) is 23.6 Å². The van der Waals surface area contributed by atoms with Crippen LogP contribution in [0.15, 0.2) is 72.8 Å². The molecule has 0 saturated carbocycles. The van der Waals surface area contributed by atoms with Crippen molar-refractivity contribution in [2.75, 3.05) is 10.6 Å². The molecule has 1 heterocycles. The van der Waals surface area contributed by atoms with Crippen molar-refractivity contribution in [3.63, 3.8) is 0 Å². The molecule has 3 aromatic carbocycles. The fourth-order valence-corrected chi connectivity index (χ4v) is 3.25. The minimum Gasteiger partial charge on any atom is -0.508 e. The van der Waals surface area contributed by atoms with Crippen LogP contribution < -0.4 is 10.6 Å². The number of phenols is 2. The van der Waals surface area contributed by atoms with Crippen LogP contribution in [0.25, 0.3) is 0 Å². The first kappa shape index (κ1) is 14.5. The average Bonchev–Trinajstić information content (AvgIpc) is 2.62. The molecule has 0 spiro atoms. The Kier molecular flexibility index (Phi) is 3.50. The molecule has 4 rings (SSSR count). The molecule has 3 aromatic rings. The Hall–Kier alpha value is -3.14. The monoisotopic (exact) mass is 318 g/mol. The summed E-state index contributed by atoms with van der Waals surface area (Å²) in [5.74, 6) is 0.466. The van der Waals surface area contributed by atoms with Crippen LogP contribution in [0.1, 0.15) is 23.2 Å². The second-order valence-corrected chi connectivity index (χ2v) is 5.91. The van der Waals surface area contributed by atoms with Crippen LogP contribution in [0.2, 0.25) is 0 Å². The number of benzene rings is 3. The van der Waals surface area contributed by atoms with Gasteiger partial charge in [-0.1, -0.05) is 48.5 Å². The van der Waals surface area contributed by atoms with Gasteiger partial charge < -0.3 is 20.8 Å². The molecule has 1 aliphatic rings. The smallest absolute Gasteiger partial charge is 0.120 e. The number of fused-ring (bicyclic) bond motifs is 1. The summed E-state index contributed by atoms with van der Waals surface area (Å²) >= 11 is 0. The zero-order valence-corrected chi connectivity index (χ0v) is 13.0. The summed E-state index contributed by atoms with van der Waals surface area (Å²) in [6.07, 6.45) is 0. The largest absolute Gasteiger partial charge is 0.508 e. The number of para-hydroxylation sites is 4. The highest BCUT2D eigenvalue weighted by molar-refractivity contribution is 5.73. The number of phenolic OH excluding ortho intramolecular Hbond substituents is 2. The normalized spacial score (nSPS) is 19.0. The number of nitrogens with one attached hydrogen (secondary N) is 2. The summed E-state index contributed by atoms with van der Waals surface area (Å²) in [5, 5.41) is 27.6. The van der Waals surface area contributed by atoms with Crippen LogP contribution in [-0.2, 0) is 0 Å². The van der Waals surface area contributed by atoms with Crippen LogP contribution >= 0.6 is 0 Å². The predicted octanol–water partition coefficient (Wildman–Crippen LogP) is 4.42. The molecule has 0 fully saturated rings. The van der Waals surface area contributed by atoms with Gasteiger partial charge in [0, 0.05) is 11.1 Å². The third-order valence-corrected chi connectivity index (χ3v) is 4.43. The molecular weight excluding hydrogens is 300 g/mol. The third kappa shape index (κ3) is 2.42. The van der Waals surface area contributed by atoms with Gasteiger partial charge in [0.15, 0.2) is 0 Å². The maximum Gasteiger partial charge on any atom is 0.120 e. The van der Waals surface area contributed by atoms with Gasteiger partial charge in [0.25, 0.3) is 0 Å². The number of hydrogen-bond acceptors (Lipinski definition) is 4. The lowest BCUT2D eigenvalue weighted by atomic mass is 9.89. The minimum absolute atomic E-state index is 0.214. The molecule has 4 heteroatoms. The Labute approximate surface area is 140 Å². The Morgan fingerprint density at radius 1 is 0.542 bits per heavy atom. The van der Waals surface area contributed by atoms with Gasteiger partial charge in [-0.05, 0) is 24.3 Å². The lowest BCUT2D eigenvalue weighted by molar-refractivity contribution is 0.446. The van der Waals surface area contributed by atoms with Crippen molar-refractivity contribution in [1.29, 1.82) is 0 Å². The molecule has 0 bridgehead atoms. The van der Waals surface area contributed by atoms with Gasteiger partial charge >= 0.3 is 0 Å². The topological polar surface area (TPSA) is 64.5 Å². The minimum atomic E-state index is -0.214. The molecule has 0 radical (unpaired) electrons. The van der Waals surface area contributed by atoms with Gasteiger partial charge in [-0.2, -0.15) is 0 Å². The van der Waals surface area contributed by atoms with Gasteiger partial charge in [0.1, 0.15) is 11.5 Å². The van der Waals surface area contributed by atoms with Crippen LogP contribution in [0.3, 0.4) is 0 Å². The molecule has 0 amide bonds. The molecule has 120 valence electrons. The van der Waals surface area contributed by atoms with Gasteiger partial charge in [0.05, 0.1) is 23.5 Å². The van der Waals surface area contributed by atoms with E-state index in [1.54, 1.807) is 24.3 Å². The fourth-order valence-electron chi connectivity index (χ4n) is 3.25. The Morgan fingerprint density at radius 3 is 1.33 bits per heavy atom. The maximum absolute atomic E-state index is 10.3. The van der Waals surface area contributed by atoms with Gasteiger partial charge in [-0.15, -0.1) is 0 Å². The first-order valence-electron chi connectivity index (χ1n) is 7.92. The van der Waals surface area contributed by atoms with E-state index in [2.05, 4.69) is 10.6 Å². The zero-order chi connectivity index (χ0) is 16.5. The highest BCUT2D eigenvalue weighted by Gasteiger charge is 2.32. The van der Waals surface area contributed by atoms with E-state index in [0.717, 1.165) is 22.5 Å². The van der Waals surface area contributed by atoms with Crippen LogP contribution in [0.5, 0.6) is 11.5 Å². The number of rotatable bonds is 2. The summed E-state index contributed by atoms with van der Waals surface area (Å²) in [6, 6.07) is 22.1. The van der Waals surface area contributed by atoms with Gasteiger partial charge in [0.2, 0.25) is 0 Å². The van der Waals surface area contributed by atoms with Crippen molar-refractivity contribution in [3.8, 4) is 11.5 Å². The highest BCUT2D eigenvalue weighted by atomic mass is 16.3. The molecule has 0 aromatic heterocycles. The van der Waals surface area contributed by atoms with Crippen molar-refractivity contribution in [1.82, 2.24) is 0 Å². The second kappa shape index (κ2) is 5.81. The molecule has 0 saturated heterocycles. The van der Waals surface area contributed by atoms with Gasteiger partial charge in [-0.25, -0.2) is 0 Å². The van der Waals surface area contributed by atoms with E-state index in [0.29, 0.717) is 0 Å². The van der Waals surface area contributed by atoms with Crippen molar-refractivity contribution in [3.05, 3.63) is 83.9 Å². The zero-order valence-electron chi connectivity index (χ0n) is 13.0. The van der Waals surface area contributed by atoms with E-state index in [1.165, 1.54) is 0 Å². The third-order valence-electron chi connectivity index (χ3n) is 4.43. The maximum atomic E-state index is 10.3. The van der Waals surface area contributed by atoms with Crippen LogP contribution in [-0.4, -0.2) is 10.2 Å². The molecule has 2 atom stereocenters. The van der Waals surface area contributed by atoms with Gasteiger partial charge in [-0.3, -0.25) is 0 Å². The fraction of sp³-hybridized carbons (Fsp3) is 0.100. The first-order valence-corrected chi connectivity index (χ1v) is 7.92. The molecular formula is C20H18N2O2. The second-order valence-electron chi connectivity index (χ2n) is 5.91. The molecule has 0 aliphatic carbocycles. The quantitative estimate of drug-likeness (QED) is 0.565. The van der Waals surface area contributed by atoms with E-state index in [1.807, 2.05) is 48.5 Å². The average molecular weight is 318 g/mol. The summed E-state index contributed by atoms with van der Waals surface area (Å²) in [6.45, 7) is 0. The standard InChI is InChI=1S/C20H18N2O2/c23-17-11-5-1-7-13(17)19-20(14-8-2-6-12-18(14)24)22-16-10-4-3-9-15(16)21-19/h1-12,19-24H/t19-,20-/m0/s1. The molecule has 1 aliphatic heterocycles. The lowest BCUT2D eigenvalue weighted by Crippen LogP contribution is -2.30. The highest BCUT2D eigenvalue weighted by Crippen LogP contribution is 2.45. The number of aromatic hydroxyl groups is 2. The summed E-state index contributed by atoms with van der Waals surface area (Å²) < 4.78 is 0. The molecule has 4 N–H and O–H groups in total. The number of hydrogen-bond donors (Lipinski definition) is 4. The van der Waals surface area contributed by atoms with Crippen molar-refractivity contribution in [2.45, 2.75) is 12.1 Å². The van der Waals surface area contributed by atoms with E-state index in [4.69, 9.17) is 0 Å². The molecule has 0 unspecified atom stereocenters. The van der Waals surface area contributed by atoms with E-state index >= 15 is 0 Å². The first-order chi connectivity index (χ1) is 11.7. The lowest BCUT2D eigenvalue weighted by Gasteiger charge is -2.37. The van der Waals surface area contributed by atoms with Crippen molar-refractivity contribution < 1.29 is 10.2 Å². The molecule has 24 heavy (non-hydrogen) atoms. The summed E-state index contributed by atoms with van der Waals surface area (Å²) in [5.41, 5.74) is 3.51. The Balaban J connectivity index is 1.85. The van der Waals surface area contributed by atoms with E-state index in [9.17, 15) is 10.2 Å². The van der Waals surface area contributed by atoms with Crippen LogP contribution in [0, 0.1) is 0 Å². The number of anilines is 2. The SMILES string of the molecule is Oc1ccccc1[C@@H]1Nc2ccccc2N[C@H]1c1ccccc1O. The van der Waals surface area contributed by atoms with Crippen molar-refractivity contribution >= 4 is 11.4 Å². The van der Waals surface area contributed by atoms with Crippen LogP contribution in [0.4, 0.5) is 11.4 Å². The Morgan fingerprint density at radius 2 is 0.917 bits per heavy atom. The summed E-state index contributed by atoms with van der Waals surface area (Å²) in [4.78, 5) is 0.